The number of hydrogen-bond donors (Lipinski definition) is 1. The maximum atomic E-state index is 14.6. The standard InChI is InChI=1S/C20H16F2N2O3S/c21-14-6-7-15(16(22)9-14)20-11-27-17(25)8-13(20)10-28-19(24-20)23-18(26)12-4-2-1-3-5-12/h1-7,9,13H,8,10-11H2,(H,23,24,26)/t13?,20-/m0/s1. The Hall–Kier alpha value is -2.74. The Kier molecular flexibility index (Phi) is 4.89. The van der Waals surface area contributed by atoms with Crippen molar-refractivity contribution in [1.82, 2.24) is 5.32 Å². The number of carbonyl (C=O) groups excluding carboxylic acids is 2. The van der Waals surface area contributed by atoms with Gasteiger partial charge in [0.15, 0.2) is 5.17 Å². The lowest BCUT2D eigenvalue weighted by Crippen LogP contribution is -2.50. The van der Waals surface area contributed by atoms with Crippen LogP contribution < -0.4 is 5.32 Å². The van der Waals surface area contributed by atoms with Crippen LogP contribution in [0.2, 0.25) is 0 Å². The molecule has 0 bridgehead atoms. The number of nitrogens with one attached hydrogen (secondary N) is 1. The molecule has 0 radical (unpaired) electrons. The van der Waals surface area contributed by atoms with Gasteiger partial charge in [-0.1, -0.05) is 36.0 Å². The Labute approximate surface area is 164 Å². The van der Waals surface area contributed by atoms with Crippen LogP contribution in [-0.2, 0) is 15.1 Å². The number of esters is 1. The molecule has 2 aromatic carbocycles. The molecule has 0 aliphatic carbocycles. The third kappa shape index (κ3) is 3.40. The van der Waals surface area contributed by atoms with E-state index in [1.807, 2.05) is 0 Å². The fraction of sp³-hybridized carbons (Fsp3) is 0.250. The number of amides is 1. The summed E-state index contributed by atoms with van der Waals surface area (Å²) in [7, 11) is 0. The number of halogens is 2. The molecule has 2 aliphatic heterocycles. The minimum Gasteiger partial charge on any atom is -0.463 e. The number of ether oxygens (including phenoxy) is 1. The van der Waals surface area contributed by atoms with Crippen LogP contribution in [0.15, 0.2) is 53.5 Å². The summed E-state index contributed by atoms with van der Waals surface area (Å²) in [6.45, 7) is -0.162. The minimum atomic E-state index is -1.20. The van der Waals surface area contributed by atoms with Crippen LogP contribution >= 0.6 is 11.8 Å². The zero-order chi connectivity index (χ0) is 19.7. The first kappa shape index (κ1) is 18.6. The quantitative estimate of drug-likeness (QED) is 0.783. The van der Waals surface area contributed by atoms with E-state index in [4.69, 9.17) is 4.74 Å². The van der Waals surface area contributed by atoms with Crippen LogP contribution in [0, 0.1) is 17.6 Å². The molecular formula is C20H16F2N2O3S. The fourth-order valence-electron chi connectivity index (χ4n) is 3.47. The molecular weight excluding hydrogens is 386 g/mol. The van der Waals surface area contributed by atoms with Crippen molar-refractivity contribution in [1.29, 1.82) is 0 Å². The second-order valence-corrected chi connectivity index (χ2v) is 7.67. The lowest BCUT2D eigenvalue weighted by molar-refractivity contribution is -0.154. The van der Waals surface area contributed by atoms with Crippen LogP contribution in [0.5, 0.6) is 0 Å². The molecule has 0 aromatic heterocycles. The van der Waals surface area contributed by atoms with Crippen molar-refractivity contribution in [3.05, 3.63) is 71.3 Å². The molecule has 2 heterocycles. The maximum Gasteiger partial charge on any atom is 0.306 e. The van der Waals surface area contributed by atoms with Crippen molar-refractivity contribution >= 4 is 28.8 Å². The molecule has 4 rings (SSSR count). The molecule has 0 spiro atoms. The summed E-state index contributed by atoms with van der Waals surface area (Å²) in [4.78, 5) is 28.8. The van der Waals surface area contributed by atoms with Gasteiger partial charge in [-0.3, -0.25) is 9.59 Å². The van der Waals surface area contributed by atoms with Crippen molar-refractivity contribution in [3.63, 3.8) is 0 Å². The Morgan fingerprint density at radius 1 is 1.21 bits per heavy atom. The van der Waals surface area contributed by atoms with E-state index in [1.165, 1.54) is 17.8 Å². The number of aliphatic imine (C=N–C) groups is 1. The summed E-state index contributed by atoms with van der Waals surface area (Å²) in [5, 5.41) is 3.05. The lowest BCUT2D eigenvalue weighted by Gasteiger charge is -2.43. The first-order valence-corrected chi connectivity index (χ1v) is 9.67. The number of rotatable bonds is 2. The van der Waals surface area contributed by atoms with Crippen LogP contribution in [0.4, 0.5) is 8.78 Å². The number of cyclic esters (lactones) is 1. The Balaban J connectivity index is 1.72. The van der Waals surface area contributed by atoms with E-state index in [-0.39, 0.29) is 36.4 Å². The van der Waals surface area contributed by atoms with Gasteiger partial charge in [0.25, 0.3) is 5.91 Å². The van der Waals surface area contributed by atoms with E-state index in [9.17, 15) is 18.4 Å². The van der Waals surface area contributed by atoms with E-state index in [2.05, 4.69) is 10.3 Å². The van der Waals surface area contributed by atoms with Gasteiger partial charge in [0, 0.05) is 28.9 Å². The minimum absolute atomic E-state index is 0.0766. The molecule has 2 aromatic rings. The third-order valence-corrected chi connectivity index (χ3v) is 5.95. The summed E-state index contributed by atoms with van der Waals surface area (Å²) in [6.07, 6.45) is 0.0766. The van der Waals surface area contributed by atoms with Gasteiger partial charge in [0.2, 0.25) is 0 Å². The fourth-order valence-corrected chi connectivity index (χ4v) is 4.62. The van der Waals surface area contributed by atoms with Crippen LogP contribution in [-0.4, -0.2) is 29.4 Å². The summed E-state index contributed by atoms with van der Waals surface area (Å²) >= 11 is 1.29. The van der Waals surface area contributed by atoms with Crippen LogP contribution in [0.3, 0.4) is 0 Å². The van der Waals surface area contributed by atoms with Crippen molar-refractivity contribution in [2.24, 2.45) is 10.9 Å². The SMILES string of the molecule is O=C1CC2CSC(NC(=O)c3ccccc3)=N[C@@]2(c2ccc(F)cc2F)CO1. The highest BCUT2D eigenvalue weighted by atomic mass is 32.2. The van der Waals surface area contributed by atoms with E-state index in [1.54, 1.807) is 30.3 Å². The Bertz CT molecular complexity index is 967. The number of carbonyl (C=O) groups is 2. The number of nitrogens with zero attached hydrogens (tertiary/aromatic N) is 1. The highest BCUT2D eigenvalue weighted by Gasteiger charge is 2.50. The molecule has 1 amide bonds. The highest BCUT2D eigenvalue weighted by molar-refractivity contribution is 8.13. The second-order valence-electron chi connectivity index (χ2n) is 6.66. The van der Waals surface area contributed by atoms with E-state index in [0.29, 0.717) is 16.5 Å². The van der Waals surface area contributed by atoms with E-state index in [0.717, 1.165) is 12.1 Å². The van der Waals surface area contributed by atoms with Gasteiger partial charge in [-0.15, -0.1) is 0 Å². The molecule has 5 nitrogen and oxygen atoms in total. The van der Waals surface area contributed by atoms with Gasteiger partial charge in [-0.25, -0.2) is 13.8 Å². The number of benzene rings is 2. The van der Waals surface area contributed by atoms with E-state index < -0.39 is 17.2 Å². The molecule has 28 heavy (non-hydrogen) atoms. The zero-order valence-corrected chi connectivity index (χ0v) is 15.5. The molecule has 1 fully saturated rings. The van der Waals surface area contributed by atoms with Gasteiger partial charge in [-0.05, 0) is 18.2 Å². The molecule has 8 heteroatoms. The van der Waals surface area contributed by atoms with Crippen LogP contribution in [0.25, 0.3) is 0 Å². The zero-order valence-electron chi connectivity index (χ0n) is 14.7. The average Bonchev–Trinajstić information content (AvgIpc) is 2.69. The third-order valence-electron chi connectivity index (χ3n) is 4.92. The summed E-state index contributed by atoms with van der Waals surface area (Å²) < 4.78 is 33.2. The largest absolute Gasteiger partial charge is 0.463 e. The average molecular weight is 402 g/mol. The summed E-state index contributed by atoms with van der Waals surface area (Å²) in [5.74, 6) is -2.06. The number of hydrogen-bond acceptors (Lipinski definition) is 5. The second kappa shape index (κ2) is 7.35. The smallest absolute Gasteiger partial charge is 0.306 e. The molecule has 1 N–H and O–H groups in total. The van der Waals surface area contributed by atoms with Gasteiger partial charge in [0.05, 0.1) is 6.42 Å². The molecule has 2 atom stereocenters. The maximum absolute atomic E-state index is 14.6. The first-order valence-electron chi connectivity index (χ1n) is 8.68. The van der Waals surface area contributed by atoms with Crippen LogP contribution in [0.1, 0.15) is 22.3 Å². The van der Waals surface area contributed by atoms with Gasteiger partial charge in [0.1, 0.15) is 23.8 Å². The number of thioether (sulfide) groups is 1. The molecule has 144 valence electrons. The molecule has 0 saturated carbocycles. The summed E-state index contributed by atoms with van der Waals surface area (Å²) in [6, 6.07) is 11.9. The van der Waals surface area contributed by atoms with Crippen molar-refractivity contribution in [2.75, 3.05) is 12.4 Å². The van der Waals surface area contributed by atoms with Gasteiger partial charge < -0.3 is 10.1 Å². The Morgan fingerprint density at radius 2 is 2.00 bits per heavy atom. The first-order chi connectivity index (χ1) is 13.5. The predicted molar refractivity (Wildman–Crippen MR) is 101 cm³/mol. The normalized spacial score (nSPS) is 24.0. The lowest BCUT2D eigenvalue weighted by atomic mass is 9.76. The van der Waals surface area contributed by atoms with E-state index >= 15 is 0 Å². The number of amidine groups is 1. The molecule has 1 saturated heterocycles. The number of fused-ring (bicyclic) bond motifs is 1. The van der Waals surface area contributed by atoms with Crippen molar-refractivity contribution < 1.29 is 23.1 Å². The molecule has 2 aliphatic rings. The predicted octanol–water partition coefficient (Wildman–Crippen LogP) is 3.26. The van der Waals surface area contributed by atoms with Gasteiger partial charge in [-0.2, -0.15) is 0 Å². The topological polar surface area (TPSA) is 67.8 Å². The monoisotopic (exact) mass is 402 g/mol. The summed E-state index contributed by atoms with van der Waals surface area (Å²) in [5.41, 5.74) is -0.584. The van der Waals surface area contributed by atoms with Crippen molar-refractivity contribution in [2.45, 2.75) is 12.0 Å². The Morgan fingerprint density at radius 3 is 2.75 bits per heavy atom. The molecule has 1 unspecified atom stereocenters. The van der Waals surface area contributed by atoms with Gasteiger partial charge >= 0.3 is 5.97 Å². The van der Waals surface area contributed by atoms with Crippen molar-refractivity contribution in [3.8, 4) is 0 Å². The highest BCUT2D eigenvalue weighted by Crippen LogP contribution is 2.45.